The Balaban J connectivity index is 2.12. The molecule has 4 aromatic carbocycles. The van der Waals surface area contributed by atoms with Gasteiger partial charge >= 0.3 is 0 Å². The highest BCUT2D eigenvalue weighted by molar-refractivity contribution is 5.88. The Hall–Kier alpha value is -3.66. The summed E-state index contributed by atoms with van der Waals surface area (Å²) < 4.78 is 0. The van der Waals surface area contributed by atoms with E-state index in [2.05, 4.69) is 0 Å². The summed E-state index contributed by atoms with van der Waals surface area (Å²) in [5.74, 6) is -0.251. The van der Waals surface area contributed by atoms with Gasteiger partial charge in [-0.3, -0.25) is 0 Å². The van der Waals surface area contributed by atoms with Crippen LogP contribution in [0.1, 0.15) is 23.6 Å². The highest BCUT2D eigenvalue weighted by Crippen LogP contribution is 2.48. The van der Waals surface area contributed by atoms with Crippen molar-refractivity contribution in [2.45, 2.75) is 12.3 Å². The van der Waals surface area contributed by atoms with Gasteiger partial charge in [0.2, 0.25) is 0 Å². The largest absolute Gasteiger partial charge is 0.508 e. The number of phenols is 4. The van der Waals surface area contributed by atoms with Crippen molar-refractivity contribution in [1.82, 2.24) is 0 Å². The first-order chi connectivity index (χ1) is 13.4. The molecule has 4 aromatic rings. The summed E-state index contributed by atoms with van der Waals surface area (Å²) in [6.45, 7) is 1.91. The molecule has 0 saturated heterocycles. The van der Waals surface area contributed by atoms with Gasteiger partial charge in [-0.05, 0) is 35.4 Å². The average molecular weight is 372 g/mol. The molecule has 0 aromatic heterocycles. The number of phenolic OH excluding ortho intramolecular Hbond substituents is 4. The SMILES string of the molecule is CC(c1ccc(O)cc1O)(c1ccc(O)cc1O)c1cccc2ccccc12. The Morgan fingerprint density at radius 3 is 1.68 bits per heavy atom. The second-order valence-electron chi connectivity index (χ2n) is 7.05. The number of rotatable bonds is 3. The predicted molar refractivity (Wildman–Crippen MR) is 109 cm³/mol. The summed E-state index contributed by atoms with van der Waals surface area (Å²) in [7, 11) is 0. The van der Waals surface area contributed by atoms with Gasteiger partial charge in [0.25, 0.3) is 0 Å². The van der Waals surface area contributed by atoms with Gasteiger partial charge in [-0.25, -0.2) is 0 Å². The van der Waals surface area contributed by atoms with Gasteiger partial charge in [0.05, 0.1) is 5.41 Å². The van der Waals surface area contributed by atoms with Crippen LogP contribution in [0.25, 0.3) is 10.8 Å². The zero-order chi connectivity index (χ0) is 19.9. The first-order valence-electron chi connectivity index (χ1n) is 8.94. The van der Waals surface area contributed by atoms with Crippen molar-refractivity contribution < 1.29 is 20.4 Å². The van der Waals surface area contributed by atoms with Crippen LogP contribution in [0.4, 0.5) is 0 Å². The number of hydrogen-bond acceptors (Lipinski definition) is 4. The zero-order valence-electron chi connectivity index (χ0n) is 15.3. The average Bonchev–Trinajstić information content (AvgIpc) is 2.67. The van der Waals surface area contributed by atoms with E-state index >= 15 is 0 Å². The minimum Gasteiger partial charge on any atom is -0.508 e. The van der Waals surface area contributed by atoms with E-state index in [0.717, 1.165) is 16.3 Å². The summed E-state index contributed by atoms with van der Waals surface area (Å²) in [6.07, 6.45) is 0. The monoisotopic (exact) mass is 372 g/mol. The summed E-state index contributed by atoms with van der Waals surface area (Å²) in [5.41, 5.74) is 0.994. The Morgan fingerprint density at radius 1 is 0.571 bits per heavy atom. The molecule has 4 heteroatoms. The molecule has 140 valence electrons. The zero-order valence-corrected chi connectivity index (χ0v) is 15.3. The molecular weight excluding hydrogens is 352 g/mol. The molecule has 0 aliphatic rings. The molecule has 0 atom stereocenters. The van der Waals surface area contributed by atoms with E-state index < -0.39 is 5.41 Å². The van der Waals surface area contributed by atoms with Crippen LogP contribution in [0.2, 0.25) is 0 Å². The van der Waals surface area contributed by atoms with Crippen molar-refractivity contribution in [1.29, 1.82) is 0 Å². The Kier molecular flexibility index (Phi) is 4.12. The van der Waals surface area contributed by atoms with Gasteiger partial charge in [-0.1, -0.05) is 54.6 Å². The number of aromatic hydroxyl groups is 4. The maximum absolute atomic E-state index is 10.7. The Labute approximate surface area is 162 Å². The lowest BCUT2D eigenvalue weighted by atomic mass is 9.69. The molecule has 0 amide bonds. The predicted octanol–water partition coefficient (Wildman–Crippen LogP) is 5.02. The van der Waals surface area contributed by atoms with Crippen LogP contribution in [0.15, 0.2) is 78.9 Å². The summed E-state index contributed by atoms with van der Waals surface area (Å²) in [4.78, 5) is 0. The van der Waals surface area contributed by atoms with Gasteiger partial charge in [0.1, 0.15) is 23.0 Å². The fourth-order valence-electron chi connectivity index (χ4n) is 3.98. The first-order valence-corrected chi connectivity index (χ1v) is 8.94. The molecular formula is C24H20O4. The molecule has 0 saturated carbocycles. The maximum Gasteiger partial charge on any atom is 0.123 e. The van der Waals surface area contributed by atoms with Crippen LogP contribution >= 0.6 is 0 Å². The molecule has 0 heterocycles. The molecule has 0 bridgehead atoms. The fraction of sp³-hybridized carbons (Fsp3) is 0.0833. The number of benzene rings is 4. The minimum absolute atomic E-state index is 0.0450. The van der Waals surface area contributed by atoms with E-state index in [0.29, 0.717) is 11.1 Å². The molecule has 4 N–H and O–H groups in total. The topological polar surface area (TPSA) is 80.9 Å². The Bertz CT molecular complexity index is 1120. The summed E-state index contributed by atoms with van der Waals surface area (Å²) in [6, 6.07) is 22.7. The second-order valence-corrected chi connectivity index (χ2v) is 7.05. The molecule has 4 nitrogen and oxygen atoms in total. The van der Waals surface area contributed by atoms with Crippen molar-refractivity contribution >= 4 is 10.8 Å². The van der Waals surface area contributed by atoms with E-state index in [4.69, 9.17) is 0 Å². The van der Waals surface area contributed by atoms with E-state index in [1.165, 1.54) is 24.3 Å². The first kappa shape index (κ1) is 17.7. The molecule has 0 aliphatic heterocycles. The van der Waals surface area contributed by atoms with Crippen molar-refractivity contribution in [3.63, 3.8) is 0 Å². The summed E-state index contributed by atoms with van der Waals surface area (Å²) >= 11 is 0. The van der Waals surface area contributed by atoms with Gasteiger partial charge < -0.3 is 20.4 Å². The molecule has 0 unspecified atom stereocenters. The molecule has 4 rings (SSSR count). The van der Waals surface area contributed by atoms with E-state index in [-0.39, 0.29) is 23.0 Å². The van der Waals surface area contributed by atoms with Crippen LogP contribution in [-0.4, -0.2) is 20.4 Å². The third-order valence-corrected chi connectivity index (χ3v) is 5.37. The van der Waals surface area contributed by atoms with Crippen LogP contribution in [0.3, 0.4) is 0 Å². The van der Waals surface area contributed by atoms with Gasteiger partial charge in [0, 0.05) is 23.3 Å². The van der Waals surface area contributed by atoms with E-state index in [1.807, 2.05) is 49.4 Å². The highest BCUT2D eigenvalue weighted by Gasteiger charge is 2.37. The van der Waals surface area contributed by atoms with E-state index in [9.17, 15) is 20.4 Å². The van der Waals surface area contributed by atoms with Gasteiger partial charge in [-0.2, -0.15) is 0 Å². The normalized spacial score (nSPS) is 11.6. The second kappa shape index (κ2) is 6.50. The third kappa shape index (κ3) is 2.70. The number of fused-ring (bicyclic) bond motifs is 1. The van der Waals surface area contributed by atoms with Gasteiger partial charge in [-0.15, -0.1) is 0 Å². The van der Waals surface area contributed by atoms with Crippen molar-refractivity contribution in [3.05, 3.63) is 95.6 Å². The quantitative estimate of drug-likeness (QED) is 0.381. The fourth-order valence-corrected chi connectivity index (χ4v) is 3.98. The lowest BCUT2D eigenvalue weighted by molar-refractivity contribution is 0.428. The van der Waals surface area contributed by atoms with E-state index in [1.54, 1.807) is 12.1 Å². The van der Waals surface area contributed by atoms with Crippen molar-refractivity contribution in [2.75, 3.05) is 0 Å². The van der Waals surface area contributed by atoms with Crippen LogP contribution < -0.4 is 0 Å². The van der Waals surface area contributed by atoms with Crippen molar-refractivity contribution in [3.8, 4) is 23.0 Å². The lowest BCUT2D eigenvalue weighted by Crippen LogP contribution is -2.26. The van der Waals surface area contributed by atoms with Crippen LogP contribution in [0.5, 0.6) is 23.0 Å². The third-order valence-electron chi connectivity index (χ3n) is 5.37. The number of hydrogen-bond donors (Lipinski definition) is 4. The molecule has 0 fully saturated rings. The Morgan fingerprint density at radius 2 is 1.11 bits per heavy atom. The standard InChI is InChI=1S/C24H20O4/c1-24(20-11-9-16(25)13-22(20)27,21-12-10-17(26)14-23(21)28)19-8-4-6-15-5-2-3-7-18(15)19/h2-14,25-28H,1H3. The van der Waals surface area contributed by atoms with Crippen LogP contribution in [0, 0.1) is 0 Å². The minimum atomic E-state index is -0.948. The van der Waals surface area contributed by atoms with Gasteiger partial charge in [0.15, 0.2) is 0 Å². The maximum atomic E-state index is 10.7. The molecule has 0 spiro atoms. The highest BCUT2D eigenvalue weighted by atomic mass is 16.3. The molecule has 0 radical (unpaired) electrons. The molecule has 28 heavy (non-hydrogen) atoms. The molecule has 0 aliphatic carbocycles. The lowest BCUT2D eigenvalue weighted by Gasteiger charge is -2.34. The van der Waals surface area contributed by atoms with Crippen LogP contribution in [-0.2, 0) is 5.41 Å². The van der Waals surface area contributed by atoms with Crippen molar-refractivity contribution in [2.24, 2.45) is 0 Å². The smallest absolute Gasteiger partial charge is 0.123 e. The summed E-state index contributed by atoms with van der Waals surface area (Å²) in [5, 5.41) is 42.9.